The number of aryl methyl sites for hydroxylation is 1. The summed E-state index contributed by atoms with van der Waals surface area (Å²) in [6, 6.07) is 5.41. The summed E-state index contributed by atoms with van der Waals surface area (Å²) in [4.78, 5) is 21.6. The molecule has 0 spiro atoms. The summed E-state index contributed by atoms with van der Waals surface area (Å²) in [5, 5.41) is 0. The monoisotopic (exact) mass is 404 g/mol. The Morgan fingerprint density at radius 3 is 2.50 bits per heavy atom. The van der Waals surface area contributed by atoms with Gasteiger partial charge in [-0.2, -0.15) is 0 Å². The van der Waals surface area contributed by atoms with Gasteiger partial charge < -0.3 is 9.30 Å². The maximum Gasteiger partial charge on any atom is 0.197 e. The first-order valence-electron chi connectivity index (χ1n) is 9.97. The number of hydrogen-bond acceptors (Lipinski definition) is 6. The van der Waals surface area contributed by atoms with Gasteiger partial charge in [-0.1, -0.05) is 0 Å². The van der Waals surface area contributed by atoms with E-state index in [1.807, 2.05) is 23.0 Å². The molecule has 8 heteroatoms. The third kappa shape index (κ3) is 3.54. The fourth-order valence-electron chi connectivity index (χ4n) is 3.93. The van der Waals surface area contributed by atoms with Crippen LogP contribution in [0.3, 0.4) is 0 Å². The molecule has 5 rings (SSSR count). The Balaban J connectivity index is 1.34. The predicted octanol–water partition coefficient (Wildman–Crippen LogP) is 3.73. The van der Waals surface area contributed by atoms with Crippen molar-refractivity contribution in [2.75, 3.05) is 13.7 Å². The lowest BCUT2D eigenvalue weighted by Gasteiger charge is -2.07. The van der Waals surface area contributed by atoms with Crippen molar-refractivity contribution in [3.8, 4) is 11.6 Å². The van der Waals surface area contributed by atoms with E-state index >= 15 is 0 Å². The molecule has 1 aromatic carbocycles. The third-order valence-electron chi connectivity index (χ3n) is 5.52. The Kier molecular flexibility index (Phi) is 4.92. The molecular weight excluding hydrogens is 383 g/mol. The number of nitrogens with zero attached hydrogens (tertiary/aromatic N) is 6. The first kappa shape index (κ1) is 18.7. The van der Waals surface area contributed by atoms with Gasteiger partial charge in [0.1, 0.15) is 11.3 Å². The summed E-state index contributed by atoms with van der Waals surface area (Å²) < 4.78 is 21.8. The molecule has 1 fully saturated rings. The highest BCUT2D eigenvalue weighted by atomic mass is 19.1. The molecule has 3 heterocycles. The van der Waals surface area contributed by atoms with Crippen LogP contribution in [0, 0.1) is 5.82 Å². The van der Waals surface area contributed by atoms with E-state index in [1.165, 1.54) is 0 Å². The lowest BCUT2D eigenvalue weighted by atomic mass is 10.1. The van der Waals surface area contributed by atoms with Gasteiger partial charge in [-0.3, -0.25) is 0 Å². The van der Waals surface area contributed by atoms with Crippen molar-refractivity contribution in [1.29, 1.82) is 0 Å². The zero-order valence-corrected chi connectivity index (χ0v) is 16.6. The Morgan fingerprint density at radius 1 is 1.00 bits per heavy atom. The van der Waals surface area contributed by atoms with Crippen LogP contribution in [-0.2, 0) is 11.3 Å². The van der Waals surface area contributed by atoms with Gasteiger partial charge in [-0.25, -0.2) is 29.3 Å². The Labute approximate surface area is 173 Å². The summed E-state index contributed by atoms with van der Waals surface area (Å²) in [6.45, 7) is 1.32. The number of fused-ring (bicyclic) bond motifs is 1. The summed E-state index contributed by atoms with van der Waals surface area (Å²) in [5.41, 5.74) is 3.27. The smallest absolute Gasteiger partial charge is 0.197 e. The van der Waals surface area contributed by atoms with Crippen LogP contribution < -0.4 is 0 Å². The topological polar surface area (TPSA) is 78.6 Å². The fraction of sp³-hybridized carbons (Fsp3) is 0.318. The lowest BCUT2D eigenvalue weighted by molar-refractivity contribution is 0.190. The minimum atomic E-state index is -0.226. The van der Waals surface area contributed by atoms with Gasteiger partial charge in [0, 0.05) is 45.0 Å². The molecule has 0 bridgehead atoms. The van der Waals surface area contributed by atoms with Crippen molar-refractivity contribution < 1.29 is 9.13 Å². The molecule has 0 radical (unpaired) electrons. The van der Waals surface area contributed by atoms with Gasteiger partial charge in [0.05, 0.1) is 11.8 Å². The van der Waals surface area contributed by atoms with Crippen LogP contribution in [-0.4, -0.2) is 43.2 Å². The molecule has 0 saturated heterocycles. The second-order valence-electron chi connectivity index (χ2n) is 7.52. The van der Waals surface area contributed by atoms with Crippen molar-refractivity contribution >= 4 is 11.0 Å². The molecule has 2 unspecified atom stereocenters. The first-order chi connectivity index (χ1) is 14.7. The number of rotatable bonds is 7. The third-order valence-corrected chi connectivity index (χ3v) is 5.52. The largest absolute Gasteiger partial charge is 0.385 e. The Morgan fingerprint density at radius 2 is 1.73 bits per heavy atom. The van der Waals surface area contributed by atoms with E-state index in [0.717, 1.165) is 24.0 Å². The molecule has 1 saturated carbocycles. The van der Waals surface area contributed by atoms with Crippen LogP contribution in [0.15, 0.2) is 49.3 Å². The molecule has 152 valence electrons. The zero-order chi connectivity index (χ0) is 20.5. The number of hydrogen-bond donors (Lipinski definition) is 0. The molecule has 30 heavy (non-hydrogen) atoms. The molecule has 4 aromatic rings. The fourth-order valence-corrected chi connectivity index (χ4v) is 3.93. The lowest BCUT2D eigenvalue weighted by Crippen LogP contribution is -2.01. The van der Waals surface area contributed by atoms with Gasteiger partial charge in [-0.05, 0) is 54.0 Å². The van der Waals surface area contributed by atoms with E-state index in [2.05, 4.69) is 24.9 Å². The number of benzene rings is 1. The maximum atomic E-state index is 14.9. The van der Waals surface area contributed by atoms with E-state index in [1.54, 1.807) is 38.0 Å². The average Bonchev–Trinajstić information content (AvgIpc) is 3.48. The summed E-state index contributed by atoms with van der Waals surface area (Å²) >= 11 is 0. The van der Waals surface area contributed by atoms with E-state index in [-0.39, 0.29) is 17.7 Å². The van der Waals surface area contributed by atoms with Crippen molar-refractivity contribution in [1.82, 2.24) is 29.5 Å². The summed E-state index contributed by atoms with van der Waals surface area (Å²) in [5.74, 6) is 1.32. The standard InChI is InChI=1S/C22H21FN6O/c1-30-7-3-6-29-13-28-19-9-14(8-18(23)20(19)29)16-10-17(16)15-11-26-22(27-12-15)21-24-4-2-5-25-21/h2,4-5,8-9,11-13,16-17H,3,6-7,10H2,1H3. The highest BCUT2D eigenvalue weighted by Crippen LogP contribution is 2.54. The SMILES string of the molecule is COCCCn1cnc2cc(C3CC3c3cnc(-c4ncccn4)nc3)cc(F)c21. The molecule has 2 atom stereocenters. The van der Waals surface area contributed by atoms with E-state index < -0.39 is 0 Å². The van der Waals surface area contributed by atoms with Gasteiger partial charge in [0.15, 0.2) is 11.6 Å². The summed E-state index contributed by atoms with van der Waals surface area (Å²) in [6.07, 6.45) is 10.4. The minimum Gasteiger partial charge on any atom is -0.385 e. The normalized spacial score (nSPS) is 18.1. The highest BCUT2D eigenvalue weighted by Gasteiger charge is 2.40. The Hall–Kier alpha value is -3.26. The molecule has 0 N–H and O–H groups in total. The molecular formula is C22H21FN6O. The molecule has 0 amide bonds. The van der Waals surface area contributed by atoms with Crippen LogP contribution >= 0.6 is 0 Å². The molecule has 3 aromatic heterocycles. The number of halogens is 1. The van der Waals surface area contributed by atoms with E-state index in [0.29, 0.717) is 35.8 Å². The summed E-state index contributed by atoms with van der Waals surface area (Å²) in [7, 11) is 1.67. The van der Waals surface area contributed by atoms with E-state index in [4.69, 9.17) is 4.74 Å². The van der Waals surface area contributed by atoms with E-state index in [9.17, 15) is 4.39 Å². The van der Waals surface area contributed by atoms with Crippen molar-refractivity contribution in [3.05, 3.63) is 66.3 Å². The maximum absolute atomic E-state index is 14.9. The van der Waals surface area contributed by atoms with Gasteiger partial charge >= 0.3 is 0 Å². The number of aromatic nitrogens is 6. The van der Waals surface area contributed by atoms with Gasteiger partial charge in [0.25, 0.3) is 0 Å². The molecule has 1 aliphatic rings. The number of methoxy groups -OCH3 is 1. The van der Waals surface area contributed by atoms with Gasteiger partial charge in [-0.15, -0.1) is 0 Å². The Bertz CT molecular complexity index is 1160. The van der Waals surface area contributed by atoms with Gasteiger partial charge in [0.2, 0.25) is 0 Å². The second kappa shape index (κ2) is 7.87. The minimum absolute atomic E-state index is 0.226. The number of ether oxygens (including phenoxy) is 1. The average molecular weight is 404 g/mol. The van der Waals surface area contributed by atoms with Crippen LogP contribution in [0.1, 0.15) is 35.8 Å². The van der Waals surface area contributed by atoms with Crippen molar-refractivity contribution in [2.24, 2.45) is 0 Å². The second-order valence-corrected chi connectivity index (χ2v) is 7.52. The number of imidazole rings is 1. The molecule has 7 nitrogen and oxygen atoms in total. The van der Waals surface area contributed by atoms with Crippen LogP contribution in [0.2, 0.25) is 0 Å². The van der Waals surface area contributed by atoms with Crippen LogP contribution in [0.25, 0.3) is 22.7 Å². The highest BCUT2D eigenvalue weighted by molar-refractivity contribution is 5.77. The van der Waals surface area contributed by atoms with Crippen LogP contribution in [0.4, 0.5) is 4.39 Å². The van der Waals surface area contributed by atoms with Crippen molar-refractivity contribution in [2.45, 2.75) is 31.2 Å². The predicted molar refractivity (Wildman–Crippen MR) is 109 cm³/mol. The van der Waals surface area contributed by atoms with Crippen LogP contribution in [0.5, 0.6) is 0 Å². The first-order valence-corrected chi connectivity index (χ1v) is 9.97. The molecule has 1 aliphatic carbocycles. The zero-order valence-electron chi connectivity index (χ0n) is 16.6. The quantitative estimate of drug-likeness (QED) is 0.437. The molecule has 0 aliphatic heterocycles. The van der Waals surface area contributed by atoms with Crippen molar-refractivity contribution in [3.63, 3.8) is 0 Å².